The van der Waals surface area contributed by atoms with Crippen molar-refractivity contribution in [1.82, 2.24) is 0 Å². The lowest BCUT2D eigenvalue weighted by Crippen LogP contribution is -2.28. The number of anilines is 3. The maximum atomic E-state index is 14.2. The molecule has 3 rings (SSSR count). The Morgan fingerprint density at radius 3 is 2.44 bits per heavy atom. The van der Waals surface area contributed by atoms with Crippen molar-refractivity contribution in [2.24, 2.45) is 5.41 Å². The standard InChI is InChI=1S/C27H25FN4O4/c1-27(2,14-13-24(34)32-22-6-4-3-5-21(22)30)25(18-9-12-23(33)20(28)15-18)36-26(35)31-19-10-7-17(16-29)8-11-19/h3-15,25,33H,30H2,1-2H3,(H,31,35)(H,32,34)/b14-13+/t25-/m1/s1. The van der Waals surface area contributed by atoms with E-state index in [2.05, 4.69) is 10.6 Å². The highest BCUT2D eigenvalue weighted by Gasteiger charge is 2.33. The molecule has 0 aliphatic carbocycles. The minimum atomic E-state index is -1.04. The molecular formula is C27H25FN4O4. The number of nitrogen functional groups attached to an aromatic ring is 1. The summed E-state index contributed by atoms with van der Waals surface area (Å²) >= 11 is 0. The van der Waals surface area contributed by atoms with Gasteiger partial charge in [-0.2, -0.15) is 5.26 Å². The molecular weight excluding hydrogens is 463 g/mol. The Bertz CT molecular complexity index is 1330. The SMILES string of the molecule is CC(C)(/C=C/C(=O)Nc1ccccc1N)[C@H](OC(=O)Nc1ccc(C#N)cc1)c1ccc(O)c(F)c1. The van der Waals surface area contributed by atoms with Crippen molar-refractivity contribution in [3.8, 4) is 11.8 Å². The molecule has 1 atom stereocenters. The molecule has 36 heavy (non-hydrogen) atoms. The number of carbonyl (C=O) groups is 2. The number of nitrogens with two attached hydrogens (primary N) is 1. The summed E-state index contributed by atoms with van der Waals surface area (Å²) in [6, 6.07) is 18.6. The maximum Gasteiger partial charge on any atom is 0.412 e. The summed E-state index contributed by atoms with van der Waals surface area (Å²) in [6.07, 6.45) is 0.933. The third-order valence-electron chi connectivity index (χ3n) is 5.32. The normalized spacial score (nSPS) is 11.9. The number of aromatic hydroxyl groups is 1. The van der Waals surface area contributed by atoms with Gasteiger partial charge in [0.2, 0.25) is 5.91 Å². The zero-order valence-corrected chi connectivity index (χ0v) is 19.7. The van der Waals surface area contributed by atoms with E-state index < -0.39 is 35.1 Å². The van der Waals surface area contributed by atoms with E-state index in [1.165, 1.54) is 30.4 Å². The van der Waals surface area contributed by atoms with Crippen LogP contribution in [0.1, 0.15) is 31.1 Å². The molecule has 0 aromatic heterocycles. The Labute approximate surface area is 207 Å². The van der Waals surface area contributed by atoms with Crippen LogP contribution in [0.3, 0.4) is 0 Å². The largest absolute Gasteiger partial charge is 0.505 e. The van der Waals surface area contributed by atoms with Crippen LogP contribution in [0, 0.1) is 22.6 Å². The summed E-state index contributed by atoms with van der Waals surface area (Å²) in [5.41, 5.74) is 6.79. The Kier molecular flexibility index (Phi) is 7.92. The third kappa shape index (κ3) is 6.61. The van der Waals surface area contributed by atoms with Gasteiger partial charge in [-0.15, -0.1) is 0 Å². The Hall–Kier alpha value is -4.84. The predicted molar refractivity (Wildman–Crippen MR) is 134 cm³/mol. The first kappa shape index (κ1) is 25.8. The fourth-order valence-corrected chi connectivity index (χ4v) is 3.38. The number of hydrogen-bond donors (Lipinski definition) is 4. The van der Waals surface area contributed by atoms with Crippen molar-refractivity contribution in [2.75, 3.05) is 16.4 Å². The molecule has 0 aliphatic heterocycles. The van der Waals surface area contributed by atoms with E-state index >= 15 is 0 Å². The fourth-order valence-electron chi connectivity index (χ4n) is 3.38. The van der Waals surface area contributed by atoms with Crippen molar-refractivity contribution < 1.29 is 23.8 Å². The molecule has 0 spiro atoms. The monoisotopic (exact) mass is 488 g/mol. The fraction of sp³-hybridized carbons (Fsp3) is 0.148. The van der Waals surface area contributed by atoms with Crippen LogP contribution >= 0.6 is 0 Å². The number of nitriles is 1. The molecule has 3 aromatic carbocycles. The summed E-state index contributed by atoms with van der Waals surface area (Å²) in [5.74, 6) is -1.89. The average molecular weight is 489 g/mol. The van der Waals surface area contributed by atoms with Gasteiger partial charge in [0, 0.05) is 11.1 Å². The first-order valence-corrected chi connectivity index (χ1v) is 10.9. The molecule has 8 nitrogen and oxygen atoms in total. The molecule has 0 aliphatic rings. The molecule has 3 aromatic rings. The van der Waals surface area contributed by atoms with Crippen molar-refractivity contribution in [1.29, 1.82) is 5.26 Å². The molecule has 0 radical (unpaired) electrons. The number of ether oxygens (including phenoxy) is 1. The second kappa shape index (κ2) is 11.1. The molecule has 0 unspecified atom stereocenters. The van der Waals surface area contributed by atoms with E-state index in [9.17, 15) is 19.1 Å². The summed E-state index contributed by atoms with van der Waals surface area (Å²) in [4.78, 5) is 25.2. The number of nitrogens with one attached hydrogen (secondary N) is 2. The van der Waals surface area contributed by atoms with Crippen LogP contribution in [-0.2, 0) is 9.53 Å². The minimum Gasteiger partial charge on any atom is -0.505 e. The molecule has 0 fully saturated rings. The highest BCUT2D eigenvalue weighted by atomic mass is 19.1. The number of para-hydroxylation sites is 2. The zero-order chi connectivity index (χ0) is 26.3. The number of rotatable bonds is 7. The topological polar surface area (TPSA) is 137 Å². The van der Waals surface area contributed by atoms with Crippen LogP contribution in [0.15, 0.2) is 78.9 Å². The first-order valence-electron chi connectivity index (χ1n) is 10.9. The number of phenols is 1. The summed E-state index contributed by atoms with van der Waals surface area (Å²) in [6.45, 7) is 3.41. The Morgan fingerprint density at radius 1 is 1.11 bits per heavy atom. The number of halogens is 1. The van der Waals surface area contributed by atoms with Gasteiger partial charge in [-0.05, 0) is 60.2 Å². The van der Waals surface area contributed by atoms with Crippen LogP contribution in [0.4, 0.5) is 26.2 Å². The first-order chi connectivity index (χ1) is 17.1. The van der Waals surface area contributed by atoms with E-state index in [4.69, 9.17) is 15.7 Å². The van der Waals surface area contributed by atoms with Gasteiger partial charge in [0.15, 0.2) is 11.6 Å². The molecule has 5 N–H and O–H groups in total. The van der Waals surface area contributed by atoms with E-state index in [0.717, 1.165) is 12.1 Å². The van der Waals surface area contributed by atoms with Crippen LogP contribution in [0.2, 0.25) is 0 Å². The Balaban J connectivity index is 1.83. The van der Waals surface area contributed by atoms with E-state index in [-0.39, 0.29) is 5.56 Å². The lowest BCUT2D eigenvalue weighted by molar-refractivity contribution is -0.112. The highest BCUT2D eigenvalue weighted by Crippen LogP contribution is 2.39. The van der Waals surface area contributed by atoms with Gasteiger partial charge in [0.05, 0.1) is 23.0 Å². The molecule has 2 amide bonds. The van der Waals surface area contributed by atoms with E-state index in [1.54, 1.807) is 50.2 Å². The van der Waals surface area contributed by atoms with Crippen molar-refractivity contribution in [2.45, 2.75) is 20.0 Å². The zero-order valence-electron chi connectivity index (χ0n) is 19.7. The van der Waals surface area contributed by atoms with Crippen LogP contribution in [0.25, 0.3) is 0 Å². The lowest BCUT2D eigenvalue weighted by Gasteiger charge is -2.31. The number of amides is 2. The minimum absolute atomic E-state index is 0.266. The van der Waals surface area contributed by atoms with Crippen LogP contribution in [-0.4, -0.2) is 17.1 Å². The van der Waals surface area contributed by atoms with Gasteiger partial charge in [0.1, 0.15) is 6.10 Å². The second-order valence-corrected chi connectivity index (χ2v) is 8.54. The lowest BCUT2D eigenvalue weighted by atomic mass is 9.82. The van der Waals surface area contributed by atoms with Gasteiger partial charge in [-0.3, -0.25) is 10.1 Å². The molecule has 0 saturated heterocycles. The van der Waals surface area contributed by atoms with Crippen molar-refractivity contribution in [3.05, 3.63) is 95.8 Å². The van der Waals surface area contributed by atoms with Gasteiger partial charge >= 0.3 is 6.09 Å². The predicted octanol–water partition coefficient (Wildman–Crippen LogP) is 5.50. The Morgan fingerprint density at radius 2 is 1.81 bits per heavy atom. The third-order valence-corrected chi connectivity index (χ3v) is 5.32. The summed E-state index contributed by atoms with van der Waals surface area (Å²) in [7, 11) is 0. The number of carbonyl (C=O) groups excluding carboxylic acids is 2. The van der Waals surface area contributed by atoms with Crippen LogP contribution < -0.4 is 16.4 Å². The number of hydrogen-bond acceptors (Lipinski definition) is 6. The number of nitrogens with zero attached hydrogens (tertiary/aromatic N) is 1. The molecule has 0 saturated carbocycles. The second-order valence-electron chi connectivity index (χ2n) is 8.54. The van der Waals surface area contributed by atoms with Crippen molar-refractivity contribution >= 4 is 29.1 Å². The highest BCUT2D eigenvalue weighted by molar-refractivity contribution is 6.01. The number of benzene rings is 3. The van der Waals surface area contributed by atoms with E-state index in [0.29, 0.717) is 22.6 Å². The van der Waals surface area contributed by atoms with Gasteiger partial charge < -0.3 is 20.9 Å². The summed E-state index contributed by atoms with van der Waals surface area (Å²) in [5, 5.41) is 23.8. The van der Waals surface area contributed by atoms with Gasteiger partial charge in [-0.25, -0.2) is 9.18 Å². The van der Waals surface area contributed by atoms with Gasteiger partial charge in [-0.1, -0.05) is 38.1 Å². The number of phenolic OH excluding ortho intramolecular Hbond substituents is 1. The molecule has 9 heteroatoms. The maximum absolute atomic E-state index is 14.2. The van der Waals surface area contributed by atoms with Crippen LogP contribution in [0.5, 0.6) is 5.75 Å². The van der Waals surface area contributed by atoms with Gasteiger partial charge in [0.25, 0.3) is 0 Å². The molecule has 0 heterocycles. The quantitative estimate of drug-likeness (QED) is 0.256. The molecule has 184 valence electrons. The van der Waals surface area contributed by atoms with E-state index in [1.807, 2.05) is 6.07 Å². The average Bonchev–Trinajstić information content (AvgIpc) is 2.85. The molecule has 0 bridgehead atoms. The summed E-state index contributed by atoms with van der Waals surface area (Å²) < 4.78 is 19.8. The van der Waals surface area contributed by atoms with Crippen molar-refractivity contribution in [3.63, 3.8) is 0 Å². The smallest absolute Gasteiger partial charge is 0.412 e.